The summed E-state index contributed by atoms with van der Waals surface area (Å²) in [5, 5.41) is 2.95. The maximum Gasteiger partial charge on any atom is 0.317 e. The van der Waals surface area contributed by atoms with Crippen LogP contribution in [0.15, 0.2) is 0 Å². The number of nitrogens with one attached hydrogen (secondary N) is 1. The van der Waals surface area contributed by atoms with Gasteiger partial charge in [0.15, 0.2) is 0 Å². The van der Waals surface area contributed by atoms with Crippen LogP contribution in [0.4, 0.5) is 4.79 Å². The highest BCUT2D eigenvalue weighted by Gasteiger charge is 2.22. The number of urea groups is 1. The number of nitrogens with zero attached hydrogens (tertiary/aromatic N) is 1. The Morgan fingerprint density at radius 2 is 2.29 bits per heavy atom. The zero-order chi connectivity index (χ0) is 12.1. The van der Waals surface area contributed by atoms with E-state index in [0.717, 1.165) is 25.6 Å². The Labute approximate surface area is 102 Å². The Kier molecular flexibility index (Phi) is 4.62. The lowest BCUT2D eigenvalue weighted by molar-refractivity contribution is 0.107. The minimum Gasteiger partial charge on any atom is -0.379 e. The summed E-state index contributed by atoms with van der Waals surface area (Å²) in [4.78, 5) is 13.4. The molecule has 1 unspecified atom stereocenters. The Morgan fingerprint density at radius 3 is 2.94 bits per heavy atom. The molecule has 0 spiro atoms. The predicted octanol–water partition coefficient (Wildman–Crippen LogP) is 0.843. The van der Waals surface area contributed by atoms with Crippen LogP contribution < -0.4 is 5.32 Å². The van der Waals surface area contributed by atoms with Gasteiger partial charge in [-0.25, -0.2) is 4.79 Å². The molecule has 2 fully saturated rings. The number of rotatable bonds is 6. The summed E-state index contributed by atoms with van der Waals surface area (Å²) in [7, 11) is 1.80. The molecule has 0 radical (unpaired) electrons. The van der Waals surface area contributed by atoms with Gasteiger partial charge in [-0.05, 0) is 25.2 Å². The molecule has 5 nitrogen and oxygen atoms in total. The third kappa shape index (κ3) is 4.52. The van der Waals surface area contributed by atoms with Crippen molar-refractivity contribution in [2.75, 3.05) is 40.0 Å². The second-order valence-electron chi connectivity index (χ2n) is 4.95. The Bertz CT molecular complexity index is 250. The molecule has 2 amide bonds. The number of hydrogen-bond donors (Lipinski definition) is 1. The molecule has 1 saturated heterocycles. The van der Waals surface area contributed by atoms with Crippen molar-refractivity contribution in [3.63, 3.8) is 0 Å². The van der Waals surface area contributed by atoms with Gasteiger partial charge in [-0.1, -0.05) is 0 Å². The van der Waals surface area contributed by atoms with Gasteiger partial charge >= 0.3 is 6.03 Å². The quantitative estimate of drug-likeness (QED) is 0.702. The molecule has 1 N–H and O–H groups in total. The first kappa shape index (κ1) is 12.6. The molecule has 1 saturated carbocycles. The molecule has 0 aromatic rings. The maximum atomic E-state index is 11.7. The molecule has 0 aromatic carbocycles. The third-order valence-corrected chi connectivity index (χ3v) is 3.23. The van der Waals surface area contributed by atoms with Crippen LogP contribution in [0.2, 0.25) is 0 Å². The molecule has 98 valence electrons. The van der Waals surface area contributed by atoms with Crippen LogP contribution in [0.1, 0.15) is 19.3 Å². The summed E-state index contributed by atoms with van der Waals surface area (Å²) >= 11 is 0. The van der Waals surface area contributed by atoms with E-state index >= 15 is 0 Å². The average Bonchev–Trinajstić information content (AvgIpc) is 3.01. The van der Waals surface area contributed by atoms with Crippen LogP contribution in [-0.2, 0) is 9.47 Å². The van der Waals surface area contributed by atoms with E-state index in [9.17, 15) is 4.79 Å². The van der Waals surface area contributed by atoms with E-state index in [-0.39, 0.29) is 12.1 Å². The summed E-state index contributed by atoms with van der Waals surface area (Å²) in [6.07, 6.45) is 3.52. The largest absolute Gasteiger partial charge is 0.379 e. The van der Waals surface area contributed by atoms with Crippen molar-refractivity contribution in [2.24, 2.45) is 5.92 Å². The predicted molar refractivity (Wildman–Crippen MR) is 63.9 cm³/mol. The standard InChI is InChI=1S/C12H22N2O3/c1-14(5-7-17-8-10-2-3-10)12(15)13-11-4-6-16-9-11/h10-11H,2-9H2,1H3,(H,13,15). The smallest absolute Gasteiger partial charge is 0.317 e. The van der Waals surface area contributed by atoms with Crippen molar-refractivity contribution < 1.29 is 14.3 Å². The van der Waals surface area contributed by atoms with Crippen molar-refractivity contribution in [1.29, 1.82) is 0 Å². The molecular formula is C12H22N2O3. The van der Waals surface area contributed by atoms with E-state index in [0.29, 0.717) is 19.8 Å². The number of likely N-dealkylation sites (N-methyl/N-ethyl adjacent to an activating group) is 1. The molecule has 1 aliphatic heterocycles. The maximum absolute atomic E-state index is 11.7. The molecule has 2 rings (SSSR count). The highest BCUT2D eigenvalue weighted by atomic mass is 16.5. The first-order chi connectivity index (χ1) is 8.25. The lowest BCUT2D eigenvalue weighted by Crippen LogP contribution is -2.44. The lowest BCUT2D eigenvalue weighted by Gasteiger charge is -2.20. The second kappa shape index (κ2) is 6.21. The lowest BCUT2D eigenvalue weighted by atomic mass is 10.3. The van der Waals surface area contributed by atoms with Crippen molar-refractivity contribution in [3.05, 3.63) is 0 Å². The van der Waals surface area contributed by atoms with Gasteiger partial charge in [0.1, 0.15) is 0 Å². The van der Waals surface area contributed by atoms with Gasteiger partial charge in [0.25, 0.3) is 0 Å². The highest BCUT2D eigenvalue weighted by Crippen LogP contribution is 2.28. The van der Waals surface area contributed by atoms with Gasteiger partial charge in [-0.2, -0.15) is 0 Å². The molecule has 17 heavy (non-hydrogen) atoms. The van der Waals surface area contributed by atoms with Crippen molar-refractivity contribution in [2.45, 2.75) is 25.3 Å². The Morgan fingerprint density at radius 1 is 1.47 bits per heavy atom. The Hall–Kier alpha value is -0.810. The van der Waals surface area contributed by atoms with Gasteiger partial charge in [-0.15, -0.1) is 0 Å². The molecule has 0 bridgehead atoms. The van der Waals surface area contributed by atoms with E-state index in [1.807, 2.05) is 0 Å². The minimum absolute atomic E-state index is 0.0319. The topological polar surface area (TPSA) is 50.8 Å². The summed E-state index contributed by atoms with van der Waals surface area (Å²) in [6.45, 7) is 3.51. The number of ether oxygens (including phenoxy) is 2. The summed E-state index contributed by atoms with van der Waals surface area (Å²) in [6, 6.07) is 0.146. The van der Waals surface area contributed by atoms with E-state index in [4.69, 9.17) is 9.47 Å². The number of carbonyl (C=O) groups is 1. The van der Waals surface area contributed by atoms with E-state index in [2.05, 4.69) is 5.32 Å². The number of hydrogen-bond acceptors (Lipinski definition) is 3. The first-order valence-electron chi connectivity index (χ1n) is 6.43. The fourth-order valence-electron chi connectivity index (χ4n) is 1.77. The van der Waals surface area contributed by atoms with Crippen LogP contribution in [0, 0.1) is 5.92 Å². The normalized spacial score (nSPS) is 23.7. The second-order valence-corrected chi connectivity index (χ2v) is 4.95. The first-order valence-corrected chi connectivity index (χ1v) is 6.43. The fraction of sp³-hybridized carbons (Fsp3) is 0.917. The van der Waals surface area contributed by atoms with Crippen molar-refractivity contribution >= 4 is 6.03 Å². The van der Waals surface area contributed by atoms with E-state index in [1.165, 1.54) is 12.8 Å². The molecule has 5 heteroatoms. The molecular weight excluding hydrogens is 220 g/mol. The minimum atomic E-state index is -0.0319. The van der Waals surface area contributed by atoms with Crippen LogP contribution >= 0.6 is 0 Å². The fourth-order valence-corrected chi connectivity index (χ4v) is 1.77. The zero-order valence-corrected chi connectivity index (χ0v) is 10.5. The monoisotopic (exact) mass is 242 g/mol. The highest BCUT2D eigenvalue weighted by molar-refractivity contribution is 5.74. The van der Waals surface area contributed by atoms with Crippen LogP contribution in [0.25, 0.3) is 0 Å². The van der Waals surface area contributed by atoms with Crippen LogP contribution in [0.3, 0.4) is 0 Å². The summed E-state index contributed by atoms with van der Waals surface area (Å²) < 4.78 is 10.7. The Balaban J connectivity index is 1.53. The van der Waals surface area contributed by atoms with Gasteiger partial charge in [0, 0.05) is 26.8 Å². The molecule has 0 aromatic heterocycles. The van der Waals surface area contributed by atoms with E-state index < -0.39 is 0 Å². The van der Waals surface area contributed by atoms with Gasteiger partial charge < -0.3 is 19.7 Å². The third-order valence-electron chi connectivity index (χ3n) is 3.23. The van der Waals surface area contributed by atoms with Crippen LogP contribution in [-0.4, -0.2) is 57.0 Å². The molecule has 1 aliphatic carbocycles. The molecule has 2 aliphatic rings. The van der Waals surface area contributed by atoms with Crippen LogP contribution in [0.5, 0.6) is 0 Å². The van der Waals surface area contributed by atoms with Gasteiger partial charge in [-0.3, -0.25) is 0 Å². The van der Waals surface area contributed by atoms with Crippen molar-refractivity contribution in [3.8, 4) is 0 Å². The summed E-state index contributed by atoms with van der Waals surface area (Å²) in [5.41, 5.74) is 0. The number of carbonyl (C=O) groups excluding carboxylic acids is 1. The number of amides is 2. The van der Waals surface area contributed by atoms with Crippen molar-refractivity contribution in [1.82, 2.24) is 10.2 Å². The molecule has 1 heterocycles. The van der Waals surface area contributed by atoms with Gasteiger partial charge in [0.2, 0.25) is 0 Å². The molecule has 1 atom stereocenters. The average molecular weight is 242 g/mol. The zero-order valence-electron chi connectivity index (χ0n) is 10.5. The van der Waals surface area contributed by atoms with Gasteiger partial charge in [0.05, 0.1) is 19.3 Å². The SMILES string of the molecule is CN(CCOCC1CC1)C(=O)NC1CCOC1. The summed E-state index contributed by atoms with van der Waals surface area (Å²) in [5.74, 6) is 0.782. The van der Waals surface area contributed by atoms with E-state index in [1.54, 1.807) is 11.9 Å².